The monoisotopic (exact) mass is 388 g/mol. The van der Waals surface area contributed by atoms with E-state index >= 15 is 0 Å². The molecule has 0 heterocycles. The molecule has 0 unspecified atom stereocenters. The molecule has 0 rings (SSSR count). The van der Waals surface area contributed by atoms with E-state index in [1.165, 1.54) is 6.92 Å². The van der Waals surface area contributed by atoms with Gasteiger partial charge in [-0.2, -0.15) is 30.7 Å². The predicted molar refractivity (Wildman–Crippen MR) is 69.8 cm³/mol. The number of carbonyl (C=O) groups excluding carboxylic acids is 1. The average molecular weight is 388 g/mol. The molecule has 0 saturated carbocycles. The highest BCUT2D eigenvalue weighted by molar-refractivity contribution is 5.86. The SMILES string of the molecule is C=C(C)C(=O)OCCC(F)(F)CCC(F)(F)C(F)(F)CCC(F)(F)F. The van der Waals surface area contributed by atoms with Crippen molar-refractivity contribution in [3.8, 4) is 0 Å². The molecule has 25 heavy (non-hydrogen) atoms. The van der Waals surface area contributed by atoms with Gasteiger partial charge >= 0.3 is 24.0 Å². The van der Waals surface area contributed by atoms with E-state index in [1.807, 2.05) is 0 Å². The van der Waals surface area contributed by atoms with E-state index in [2.05, 4.69) is 11.3 Å². The molecule has 0 saturated heterocycles. The van der Waals surface area contributed by atoms with E-state index < -0.39 is 68.6 Å². The smallest absolute Gasteiger partial charge is 0.389 e. The van der Waals surface area contributed by atoms with Gasteiger partial charge in [-0.1, -0.05) is 6.58 Å². The maximum absolute atomic E-state index is 13.4. The van der Waals surface area contributed by atoms with Crippen molar-refractivity contribution in [2.24, 2.45) is 0 Å². The lowest BCUT2D eigenvalue weighted by Gasteiger charge is -2.28. The average Bonchev–Trinajstić information content (AvgIpc) is 2.42. The number of carbonyl (C=O) groups is 1. The maximum atomic E-state index is 13.4. The van der Waals surface area contributed by atoms with Crippen LogP contribution in [0.5, 0.6) is 0 Å². The summed E-state index contributed by atoms with van der Waals surface area (Å²) in [7, 11) is 0. The Balaban J connectivity index is 4.57. The Kier molecular flexibility index (Phi) is 7.83. The van der Waals surface area contributed by atoms with Crippen LogP contribution in [0.25, 0.3) is 0 Å². The summed E-state index contributed by atoms with van der Waals surface area (Å²) in [5.74, 6) is -15.0. The normalized spacial score (nSPS) is 13.7. The number of ether oxygens (including phenoxy) is 1. The zero-order valence-electron chi connectivity index (χ0n) is 13.2. The highest BCUT2D eigenvalue weighted by Gasteiger charge is 2.57. The standard InChI is InChI=1S/C14H17F9O2/c1-9(2)10(24)25-8-7-11(15,16)3-4-12(17,18)13(19,20)5-6-14(21,22)23/h1,3-8H2,2H3. The number of hydrogen-bond acceptors (Lipinski definition) is 2. The lowest BCUT2D eigenvalue weighted by atomic mass is 9.98. The molecule has 0 amide bonds. The van der Waals surface area contributed by atoms with E-state index in [-0.39, 0.29) is 5.57 Å². The minimum absolute atomic E-state index is 0.0841. The minimum atomic E-state index is -5.08. The molecule has 0 spiro atoms. The molecule has 0 aromatic rings. The molecule has 0 fully saturated rings. The largest absolute Gasteiger partial charge is 0.462 e. The van der Waals surface area contributed by atoms with Gasteiger partial charge in [-0.3, -0.25) is 0 Å². The van der Waals surface area contributed by atoms with Crippen LogP contribution in [0.1, 0.15) is 39.0 Å². The number of halogens is 9. The summed E-state index contributed by atoms with van der Waals surface area (Å²) in [6, 6.07) is 0. The Bertz CT molecular complexity index is 469. The summed E-state index contributed by atoms with van der Waals surface area (Å²) in [6.07, 6.45) is -14.4. The summed E-state index contributed by atoms with van der Waals surface area (Å²) in [5.41, 5.74) is -0.0841. The molecule has 0 aromatic carbocycles. The Morgan fingerprint density at radius 3 is 1.64 bits per heavy atom. The summed E-state index contributed by atoms with van der Waals surface area (Å²) < 4.78 is 120. The molecule has 2 nitrogen and oxygen atoms in total. The van der Waals surface area contributed by atoms with Crippen molar-refractivity contribution in [1.29, 1.82) is 0 Å². The topological polar surface area (TPSA) is 26.3 Å². The van der Waals surface area contributed by atoms with Crippen LogP contribution in [0.2, 0.25) is 0 Å². The summed E-state index contributed by atoms with van der Waals surface area (Å²) in [6.45, 7) is 3.56. The van der Waals surface area contributed by atoms with Crippen LogP contribution in [0.3, 0.4) is 0 Å². The van der Waals surface area contributed by atoms with E-state index in [0.29, 0.717) is 0 Å². The van der Waals surface area contributed by atoms with Crippen LogP contribution in [0.4, 0.5) is 39.5 Å². The third-order valence-corrected chi connectivity index (χ3v) is 3.11. The van der Waals surface area contributed by atoms with E-state index in [9.17, 15) is 44.3 Å². The number of esters is 1. The molecule has 0 N–H and O–H groups in total. The zero-order chi connectivity index (χ0) is 20.1. The van der Waals surface area contributed by atoms with Gasteiger partial charge in [0.2, 0.25) is 0 Å². The van der Waals surface area contributed by atoms with E-state index in [1.54, 1.807) is 0 Å². The van der Waals surface area contributed by atoms with Gasteiger partial charge in [-0.25, -0.2) is 13.6 Å². The number of alkyl halides is 9. The molecule has 0 aliphatic carbocycles. The molecular formula is C14H17F9O2. The molecule has 0 radical (unpaired) electrons. The Morgan fingerprint density at radius 2 is 1.24 bits per heavy atom. The molecule has 0 bridgehead atoms. The second kappa shape index (κ2) is 8.31. The van der Waals surface area contributed by atoms with Crippen LogP contribution >= 0.6 is 0 Å². The van der Waals surface area contributed by atoms with Gasteiger partial charge in [0, 0.05) is 37.7 Å². The highest BCUT2D eigenvalue weighted by atomic mass is 19.4. The third kappa shape index (κ3) is 9.01. The zero-order valence-corrected chi connectivity index (χ0v) is 13.2. The van der Waals surface area contributed by atoms with Crippen LogP contribution in [-0.2, 0) is 9.53 Å². The fourth-order valence-corrected chi connectivity index (χ4v) is 1.55. The Labute approximate surface area is 138 Å². The van der Waals surface area contributed by atoms with Gasteiger partial charge in [0.25, 0.3) is 5.92 Å². The maximum Gasteiger partial charge on any atom is 0.389 e. The first kappa shape index (κ1) is 23.6. The van der Waals surface area contributed by atoms with Gasteiger partial charge in [0.15, 0.2) is 0 Å². The Hall–Kier alpha value is -1.42. The second-order valence-electron chi connectivity index (χ2n) is 5.55. The van der Waals surface area contributed by atoms with E-state index in [4.69, 9.17) is 0 Å². The van der Waals surface area contributed by atoms with Crippen molar-refractivity contribution >= 4 is 5.97 Å². The molecular weight excluding hydrogens is 371 g/mol. The molecule has 0 aliphatic heterocycles. The third-order valence-electron chi connectivity index (χ3n) is 3.11. The fraction of sp³-hybridized carbons (Fsp3) is 0.786. The van der Waals surface area contributed by atoms with Gasteiger partial charge in [0.05, 0.1) is 6.61 Å². The Morgan fingerprint density at radius 1 is 0.800 bits per heavy atom. The quantitative estimate of drug-likeness (QED) is 0.280. The molecule has 0 aliphatic rings. The van der Waals surface area contributed by atoms with Gasteiger partial charge < -0.3 is 4.74 Å². The first-order valence-electron chi connectivity index (χ1n) is 7.02. The summed E-state index contributed by atoms with van der Waals surface area (Å²) in [5, 5.41) is 0. The highest BCUT2D eigenvalue weighted by Crippen LogP contribution is 2.44. The van der Waals surface area contributed by atoms with Gasteiger partial charge in [-0.15, -0.1) is 0 Å². The van der Waals surface area contributed by atoms with Crippen LogP contribution in [0.15, 0.2) is 12.2 Å². The number of hydrogen-bond donors (Lipinski definition) is 0. The number of rotatable bonds is 10. The van der Waals surface area contributed by atoms with Crippen LogP contribution < -0.4 is 0 Å². The summed E-state index contributed by atoms with van der Waals surface area (Å²) in [4.78, 5) is 11.0. The van der Waals surface area contributed by atoms with Crippen molar-refractivity contribution in [3.63, 3.8) is 0 Å². The van der Waals surface area contributed by atoms with Gasteiger partial charge in [0.1, 0.15) is 0 Å². The van der Waals surface area contributed by atoms with E-state index in [0.717, 1.165) is 0 Å². The molecule has 0 aromatic heterocycles. The van der Waals surface area contributed by atoms with Gasteiger partial charge in [-0.05, 0) is 6.92 Å². The molecule has 148 valence electrons. The van der Waals surface area contributed by atoms with Crippen molar-refractivity contribution in [2.75, 3.05) is 6.61 Å². The van der Waals surface area contributed by atoms with Crippen molar-refractivity contribution in [3.05, 3.63) is 12.2 Å². The fourth-order valence-electron chi connectivity index (χ4n) is 1.55. The lowest BCUT2D eigenvalue weighted by molar-refractivity contribution is -0.235. The summed E-state index contributed by atoms with van der Waals surface area (Å²) >= 11 is 0. The van der Waals surface area contributed by atoms with Crippen LogP contribution in [-0.4, -0.2) is 36.5 Å². The van der Waals surface area contributed by atoms with Crippen molar-refractivity contribution < 1.29 is 49.0 Å². The van der Waals surface area contributed by atoms with Crippen molar-refractivity contribution in [2.45, 2.75) is 63.0 Å². The minimum Gasteiger partial charge on any atom is -0.462 e. The predicted octanol–water partition coefficient (Wildman–Crippen LogP) is 5.52. The lowest BCUT2D eigenvalue weighted by Crippen LogP contribution is -2.42. The van der Waals surface area contributed by atoms with Crippen molar-refractivity contribution in [1.82, 2.24) is 0 Å². The second-order valence-corrected chi connectivity index (χ2v) is 5.55. The first-order valence-corrected chi connectivity index (χ1v) is 7.02. The molecule has 11 heteroatoms. The van der Waals surface area contributed by atoms with Crippen LogP contribution in [0, 0.1) is 0 Å². The molecule has 0 atom stereocenters. The first-order chi connectivity index (χ1) is 11.0.